The SMILES string of the molecule is Cc1ccc(COCC(C)(C)N)c(Cl)c1. The lowest BCUT2D eigenvalue weighted by molar-refractivity contribution is 0.0851. The quantitative estimate of drug-likeness (QED) is 0.859. The highest BCUT2D eigenvalue weighted by Crippen LogP contribution is 2.18. The van der Waals surface area contributed by atoms with Gasteiger partial charge in [-0.05, 0) is 38.0 Å². The van der Waals surface area contributed by atoms with E-state index in [1.54, 1.807) is 0 Å². The van der Waals surface area contributed by atoms with Crippen LogP contribution in [0.3, 0.4) is 0 Å². The molecule has 0 radical (unpaired) electrons. The second-order valence-corrected chi connectivity index (χ2v) is 4.98. The van der Waals surface area contributed by atoms with E-state index < -0.39 is 0 Å². The van der Waals surface area contributed by atoms with E-state index in [0.29, 0.717) is 13.2 Å². The van der Waals surface area contributed by atoms with E-state index in [2.05, 4.69) is 0 Å². The number of halogens is 1. The Balaban J connectivity index is 2.51. The molecule has 0 unspecified atom stereocenters. The van der Waals surface area contributed by atoms with Gasteiger partial charge in [0.1, 0.15) is 0 Å². The van der Waals surface area contributed by atoms with Gasteiger partial charge in [0.25, 0.3) is 0 Å². The average Bonchev–Trinajstić information content (AvgIpc) is 2.07. The van der Waals surface area contributed by atoms with Crippen LogP contribution in [0.4, 0.5) is 0 Å². The van der Waals surface area contributed by atoms with Gasteiger partial charge in [0.2, 0.25) is 0 Å². The number of rotatable bonds is 4. The summed E-state index contributed by atoms with van der Waals surface area (Å²) in [5, 5.41) is 0.754. The molecular formula is C12H18ClNO. The predicted octanol–water partition coefficient (Wildman–Crippen LogP) is 2.90. The fraction of sp³-hybridized carbons (Fsp3) is 0.500. The molecule has 0 aliphatic carbocycles. The summed E-state index contributed by atoms with van der Waals surface area (Å²) >= 11 is 6.07. The lowest BCUT2D eigenvalue weighted by atomic mass is 10.1. The van der Waals surface area contributed by atoms with Crippen molar-refractivity contribution in [3.63, 3.8) is 0 Å². The molecule has 84 valence electrons. The summed E-state index contributed by atoms with van der Waals surface area (Å²) in [6.45, 7) is 6.92. The summed E-state index contributed by atoms with van der Waals surface area (Å²) in [6.07, 6.45) is 0. The van der Waals surface area contributed by atoms with Gasteiger partial charge in [-0.3, -0.25) is 0 Å². The van der Waals surface area contributed by atoms with Crippen LogP contribution in [0.15, 0.2) is 18.2 Å². The van der Waals surface area contributed by atoms with Crippen molar-refractivity contribution >= 4 is 11.6 Å². The van der Waals surface area contributed by atoms with E-state index in [4.69, 9.17) is 22.1 Å². The first-order valence-corrected chi connectivity index (χ1v) is 5.38. The summed E-state index contributed by atoms with van der Waals surface area (Å²) in [4.78, 5) is 0. The van der Waals surface area contributed by atoms with Crippen molar-refractivity contribution in [3.05, 3.63) is 34.3 Å². The van der Waals surface area contributed by atoms with Gasteiger partial charge in [-0.25, -0.2) is 0 Å². The van der Waals surface area contributed by atoms with Crippen molar-refractivity contribution in [1.29, 1.82) is 0 Å². The summed E-state index contributed by atoms with van der Waals surface area (Å²) in [5.74, 6) is 0. The van der Waals surface area contributed by atoms with E-state index in [9.17, 15) is 0 Å². The molecule has 0 saturated heterocycles. The zero-order chi connectivity index (χ0) is 11.5. The van der Waals surface area contributed by atoms with Crippen molar-refractivity contribution in [2.75, 3.05) is 6.61 Å². The number of aryl methyl sites for hydroxylation is 1. The van der Waals surface area contributed by atoms with Gasteiger partial charge < -0.3 is 10.5 Å². The summed E-state index contributed by atoms with van der Waals surface area (Å²) < 4.78 is 5.50. The van der Waals surface area contributed by atoms with Crippen LogP contribution < -0.4 is 5.73 Å². The molecule has 2 N–H and O–H groups in total. The molecule has 1 aromatic rings. The van der Waals surface area contributed by atoms with Crippen molar-refractivity contribution in [3.8, 4) is 0 Å². The maximum Gasteiger partial charge on any atom is 0.0732 e. The molecule has 0 bridgehead atoms. The maximum absolute atomic E-state index is 6.07. The van der Waals surface area contributed by atoms with E-state index >= 15 is 0 Å². The number of hydrogen-bond donors (Lipinski definition) is 1. The van der Waals surface area contributed by atoms with Crippen LogP contribution in [0.1, 0.15) is 25.0 Å². The third-order valence-corrected chi connectivity index (χ3v) is 2.29. The maximum atomic E-state index is 6.07. The van der Waals surface area contributed by atoms with Gasteiger partial charge in [-0.15, -0.1) is 0 Å². The Morgan fingerprint density at radius 2 is 2.07 bits per heavy atom. The van der Waals surface area contributed by atoms with Crippen LogP contribution in [0, 0.1) is 6.92 Å². The van der Waals surface area contributed by atoms with E-state index in [-0.39, 0.29) is 5.54 Å². The minimum atomic E-state index is -0.294. The first-order chi connectivity index (χ1) is 6.88. The van der Waals surface area contributed by atoms with Crippen molar-refractivity contribution in [2.24, 2.45) is 5.73 Å². The van der Waals surface area contributed by atoms with Gasteiger partial charge >= 0.3 is 0 Å². The smallest absolute Gasteiger partial charge is 0.0732 e. The minimum Gasteiger partial charge on any atom is -0.375 e. The lowest BCUT2D eigenvalue weighted by Gasteiger charge is -2.18. The average molecular weight is 228 g/mol. The largest absolute Gasteiger partial charge is 0.375 e. The highest BCUT2D eigenvalue weighted by Gasteiger charge is 2.10. The van der Waals surface area contributed by atoms with Gasteiger partial charge in [0, 0.05) is 10.6 Å². The Hall–Kier alpha value is -0.570. The molecule has 0 heterocycles. The first kappa shape index (κ1) is 12.5. The monoisotopic (exact) mass is 227 g/mol. The Morgan fingerprint density at radius 1 is 1.40 bits per heavy atom. The van der Waals surface area contributed by atoms with Crippen LogP contribution in [0.2, 0.25) is 5.02 Å². The van der Waals surface area contributed by atoms with Crippen LogP contribution in [-0.4, -0.2) is 12.1 Å². The van der Waals surface area contributed by atoms with Crippen molar-refractivity contribution in [1.82, 2.24) is 0 Å². The molecule has 1 aromatic carbocycles. The van der Waals surface area contributed by atoms with Gasteiger partial charge in [-0.1, -0.05) is 23.7 Å². The standard InChI is InChI=1S/C12H18ClNO/c1-9-4-5-10(11(13)6-9)7-15-8-12(2,3)14/h4-6H,7-8,14H2,1-3H3. The predicted molar refractivity (Wildman–Crippen MR) is 64.1 cm³/mol. The highest BCUT2D eigenvalue weighted by atomic mass is 35.5. The van der Waals surface area contributed by atoms with Crippen LogP contribution in [0.25, 0.3) is 0 Å². The van der Waals surface area contributed by atoms with E-state index in [1.165, 1.54) is 0 Å². The van der Waals surface area contributed by atoms with Crippen LogP contribution in [0.5, 0.6) is 0 Å². The molecule has 0 fully saturated rings. The number of hydrogen-bond acceptors (Lipinski definition) is 2. The fourth-order valence-corrected chi connectivity index (χ4v) is 1.48. The zero-order valence-electron chi connectivity index (χ0n) is 9.51. The molecular weight excluding hydrogens is 210 g/mol. The Morgan fingerprint density at radius 3 is 2.60 bits per heavy atom. The lowest BCUT2D eigenvalue weighted by Crippen LogP contribution is -2.37. The highest BCUT2D eigenvalue weighted by molar-refractivity contribution is 6.31. The molecule has 0 aliphatic heterocycles. The van der Waals surface area contributed by atoms with Gasteiger partial charge in [-0.2, -0.15) is 0 Å². The minimum absolute atomic E-state index is 0.294. The molecule has 0 aliphatic rings. The third kappa shape index (κ3) is 4.65. The fourth-order valence-electron chi connectivity index (χ4n) is 1.19. The van der Waals surface area contributed by atoms with Gasteiger partial charge in [0.15, 0.2) is 0 Å². The molecule has 15 heavy (non-hydrogen) atoms. The van der Waals surface area contributed by atoms with Crippen molar-refractivity contribution in [2.45, 2.75) is 32.9 Å². The normalized spacial score (nSPS) is 11.8. The number of ether oxygens (including phenoxy) is 1. The summed E-state index contributed by atoms with van der Waals surface area (Å²) in [6, 6.07) is 5.95. The zero-order valence-corrected chi connectivity index (χ0v) is 10.3. The van der Waals surface area contributed by atoms with Crippen LogP contribution >= 0.6 is 11.6 Å². The summed E-state index contributed by atoms with van der Waals surface area (Å²) in [7, 11) is 0. The summed E-state index contributed by atoms with van der Waals surface area (Å²) in [5.41, 5.74) is 7.67. The Kier molecular flexibility index (Phi) is 4.14. The Labute approximate surface area is 96.4 Å². The number of benzene rings is 1. The van der Waals surface area contributed by atoms with E-state index in [1.807, 2.05) is 39.0 Å². The second-order valence-electron chi connectivity index (χ2n) is 4.58. The van der Waals surface area contributed by atoms with Gasteiger partial charge in [0.05, 0.1) is 13.2 Å². The first-order valence-electron chi connectivity index (χ1n) is 5.00. The molecule has 0 aromatic heterocycles. The molecule has 1 rings (SSSR count). The molecule has 0 saturated carbocycles. The topological polar surface area (TPSA) is 35.2 Å². The van der Waals surface area contributed by atoms with Crippen molar-refractivity contribution < 1.29 is 4.74 Å². The molecule has 0 atom stereocenters. The van der Waals surface area contributed by atoms with E-state index in [0.717, 1.165) is 16.1 Å². The number of nitrogens with two attached hydrogens (primary N) is 1. The third-order valence-electron chi connectivity index (χ3n) is 1.94. The van der Waals surface area contributed by atoms with Crippen LogP contribution in [-0.2, 0) is 11.3 Å². The molecule has 2 nitrogen and oxygen atoms in total. The molecule has 0 spiro atoms. The molecule has 0 amide bonds. The second kappa shape index (κ2) is 4.97. The molecule has 3 heteroatoms. The Bertz CT molecular complexity index is 331.